The van der Waals surface area contributed by atoms with Crippen LogP contribution in [0.2, 0.25) is 5.02 Å². The third kappa shape index (κ3) is 2.30. The molecule has 2 unspecified atom stereocenters. The molecule has 4 nitrogen and oxygen atoms in total. The van der Waals surface area contributed by atoms with E-state index in [-0.39, 0.29) is 5.25 Å². The van der Waals surface area contributed by atoms with Crippen molar-refractivity contribution in [3.63, 3.8) is 0 Å². The van der Waals surface area contributed by atoms with Crippen molar-refractivity contribution >= 4 is 39.4 Å². The molecule has 0 aliphatic carbocycles. The van der Waals surface area contributed by atoms with Crippen molar-refractivity contribution in [2.75, 3.05) is 12.0 Å². The zero-order chi connectivity index (χ0) is 12.6. The smallest absolute Gasteiger partial charge is 0.201 e. The summed E-state index contributed by atoms with van der Waals surface area (Å²) in [5, 5.41) is 0.604. The molecule has 2 aromatic rings. The van der Waals surface area contributed by atoms with Crippen LogP contribution < -0.4 is 5.73 Å². The molecule has 2 N–H and O–H groups in total. The Morgan fingerprint density at radius 2 is 2.29 bits per heavy atom. The normalized spacial score (nSPS) is 15.0. The molecule has 0 spiro atoms. The summed E-state index contributed by atoms with van der Waals surface area (Å²) in [5.41, 5.74) is 7.44. The Bertz CT molecular complexity index is 581. The molecule has 0 saturated heterocycles. The topological polar surface area (TPSA) is 60.9 Å². The number of nitrogen functional groups attached to an aromatic ring is 1. The summed E-state index contributed by atoms with van der Waals surface area (Å²) < 4.78 is 13.2. The number of fused-ring (bicyclic) bond motifs is 1. The Balaban J connectivity index is 2.50. The van der Waals surface area contributed by atoms with Crippen LogP contribution in [0.15, 0.2) is 18.2 Å². The van der Waals surface area contributed by atoms with Gasteiger partial charge in [0.2, 0.25) is 5.95 Å². The van der Waals surface area contributed by atoms with E-state index >= 15 is 0 Å². The Kier molecular flexibility index (Phi) is 3.40. The fraction of sp³-hybridized carbons (Fsp3) is 0.364. The largest absolute Gasteiger partial charge is 0.369 e. The van der Waals surface area contributed by atoms with Gasteiger partial charge in [0.15, 0.2) is 0 Å². The third-order valence-electron chi connectivity index (χ3n) is 2.77. The van der Waals surface area contributed by atoms with E-state index in [0.29, 0.717) is 23.0 Å². The highest BCUT2D eigenvalue weighted by Gasteiger charge is 2.14. The molecule has 1 aromatic heterocycles. The minimum absolute atomic E-state index is 0.0219. The highest BCUT2D eigenvalue weighted by atomic mass is 35.5. The van der Waals surface area contributed by atoms with Gasteiger partial charge >= 0.3 is 0 Å². The van der Waals surface area contributed by atoms with Gasteiger partial charge in [-0.15, -0.1) is 0 Å². The first-order chi connectivity index (χ1) is 8.00. The maximum atomic E-state index is 11.4. The van der Waals surface area contributed by atoms with Crippen LogP contribution in [0.1, 0.15) is 6.92 Å². The second kappa shape index (κ2) is 4.66. The maximum Gasteiger partial charge on any atom is 0.201 e. The van der Waals surface area contributed by atoms with Crippen molar-refractivity contribution in [1.29, 1.82) is 0 Å². The third-order valence-corrected chi connectivity index (χ3v) is 4.35. The van der Waals surface area contributed by atoms with E-state index in [1.165, 1.54) is 0 Å². The number of aromatic nitrogens is 2. The molecule has 0 bridgehead atoms. The van der Waals surface area contributed by atoms with Gasteiger partial charge in [-0.05, 0) is 19.1 Å². The summed E-state index contributed by atoms with van der Waals surface area (Å²) in [4.78, 5) is 4.23. The van der Waals surface area contributed by atoms with Crippen LogP contribution in [0.5, 0.6) is 0 Å². The second-order valence-electron chi connectivity index (χ2n) is 4.00. The van der Waals surface area contributed by atoms with E-state index in [9.17, 15) is 4.21 Å². The van der Waals surface area contributed by atoms with Crippen molar-refractivity contribution in [1.82, 2.24) is 9.55 Å². The van der Waals surface area contributed by atoms with Crippen molar-refractivity contribution in [3.05, 3.63) is 23.2 Å². The lowest BCUT2D eigenvalue weighted by Crippen LogP contribution is -2.18. The van der Waals surface area contributed by atoms with Crippen molar-refractivity contribution in [3.8, 4) is 0 Å². The molecule has 1 aromatic carbocycles. The number of hydrogen-bond donors (Lipinski definition) is 1. The molecule has 0 radical (unpaired) electrons. The molecule has 92 valence electrons. The Morgan fingerprint density at radius 1 is 1.59 bits per heavy atom. The molecule has 0 saturated carbocycles. The van der Waals surface area contributed by atoms with Crippen LogP contribution in [-0.2, 0) is 17.3 Å². The van der Waals surface area contributed by atoms with Crippen LogP contribution in [0.25, 0.3) is 11.0 Å². The summed E-state index contributed by atoms with van der Waals surface area (Å²) in [7, 11) is -0.889. The van der Waals surface area contributed by atoms with E-state index in [4.69, 9.17) is 17.3 Å². The van der Waals surface area contributed by atoms with Gasteiger partial charge in [-0.25, -0.2) is 4.98 Å². The van der Waals surface area contributed by atoms with Gasteiger partial charge in [0, 0.05) is 28.9 Å². The van der Waals surface area contributed by atoms with Crippen LogP contribution in [0.4, 0.5) is 5.95 Å². The number of nitrogens with zero attached hydrogens (tertiary/aromatic N) is 2. The minimum atomic E-state index is -0.889. The number of benzene rings is 1. The number of nitrogens with two attached hydrogens (primary N) is 1. The van der Waals surface area contributed by atoms with Crippen LogP contribution >= 0.6 is 11.6 Å². The molecule has 6 heteroatoms. The van der Waals surface area contributed by atoms with E-state index in [1.54, 1.807) is 12.3 Å². The van der Waals surface area contributed by atoms with Gasteiger partial charge in [-0.3, -0.25) is 4.21 Å². The quantitative estimate of drug-likeness (QED) is 0.929. The Hall–Kier alpha value is -1.07. The number of anilines is 1. The fourth-order valence-electron chi connectivity index (χ4n) is 1.68. The summed E-state index contributed by atoms with van der Waals surface area (Å²) in [5.74, 6) is 0.408. The number of para-hydroxylation sites is 1. The standard InChI is InChI=1S/C11H14ClN3OS/c1-7(17(2)16)6-15-9-5-3-4-8(12)10(9)14-11(15)13/h3-5,7H,6H2,1-2H3,(H2,13,14). The van der Waals surface area contributed by atoms with E-state index < -0.39 is 10.8 Å². The van der Waals surface area contributed by atoms with Crippen LogP contribution in [-0.4, -0.2) is 25.3 Å². The van der Waals surface area contributed by atoms with Gasteiger partial charge in [-0.1, -0.05) is 17.7 Å². The lowest BCUT2D eigenvalue weighted by atomic mass is 10.3. The molecule has 0 amide bonds. The predicted molar refractivity (Wildman–Crippen MR) is 72.7 cm³/mol. The Morgan fingerprint density at radius 3 is 2.94 bits per heavy atom. The molecule has 2 atom stereocenters. The molecular weight excluding hydrogens is 258 g/mol. The Labute approximate surface area is 107 Å². The second-order valence-corrected chi connectivity index (χ2v) is 6.21. The summed E-state index contributed by atoms with van der Waals surface area (Å²) in [6.45, 7) is 2.50. The van der Waals surface area contributed by atoms with Crippen molar-refractivity contribution in [2.45, 2.75) is 18.7 Å². The molecular formula is C11H14ClN3OS. The van der Waals surface area contributed by atoms with E-state index in [2.05, 4.69) is 4.98 Å². The van der Waals surface area contributed by atoms with Gasteiger partial charge < -0.3 is 10.3 Å². The molecule has 1 heterocycles. The lowest BCUT2D eigenvalue weighted by Gasteiger charge is -2.11. The monoisotopic (exact) mass is 271 g/mol. The van der Waals surface area contributed by atoms with Gasteiger partial charge in [0.05, 0.1) is 10.5 Å². The van der Waals surface area contributed by atoms with Crippen LogP contribution in [0.3, 0.4) is 0 Å². The summed E-state index contributed by atoms with van der Waals surface area (Å²) in [6.07, 6.45) is 1.69. The highest BCUT2D eigenvalue weighted by molar-refractivity contribution is 7.84. The van der Waals surface area contributed by atoms with Crippen molar-refractivity contribution < 1.29 is 4.21 Å². The summed E-state index contributed by atoms with van der Waals surface area (Å²) >= 11 is 6.05. The predicted octanol–water partition coefficient (Wildman–Crippen LogP) is 2.04. The SMILES string of the molecule is CC(Cn1c(N)nc2c(Cl)cccc21)S(C)=O. The number of halogens is 1. The number of imidazole rings is 1. The zero-order valence-corrected chi connectivity index (χ0v) is 11.3. The molecule has 0 aliphatic rings. The lowest BCUT2D eigenvalue weighted by molar-refractivity contribution is 0.653. The summed E-state index contributed by atoms with van der Waals surface area (Å²) in [6, 6.07) is 5.55. The molecule has 0 aliphatic heterocycles. The molecule has 17 heavy (non-hydrogen) atoms. The average Bonchev–Trinajstić information content (AvgIpc) is 2.58. The minimum Gasteiger partial charge on any atom is -0.369 e. The molecule has 0 fully saturated rings. The number of hydrogen-bond acceptors (Lipinski definition) is 3. The van der Waals surface area contributed by atoms with E-state index in [1.807, 2.05) is 23.6 Å². The first-order valence-corrected chi connectivity index (χ1v) is 7.23. The zero-order valence-electron chi connectivity index (χ0n) is 9.68. The first kappa shape index (κ1) is 12.4. The average molecular weight is 272 g/mol. The fourth-order valence-corrected chi connectivity index (χ4v) is 2.26. The van der Waals surface area contributed by atoms with Crippen molar-refractivity contribution in [2.24, 2.45) is 0 Å². The van der Waals surface area contributed by atoms with Crippen LogP contribution in [0, 0.1) is 0 Å². The van der Waals surface area contributed by atoms with Gasteiger partial charge in [0.25, 0.3) is 0 Å². The maximum absolute atomic E-state index is 11.4. The number of rotatable bonds is 3. The van der Waals surface area contributed by atoms with Gasteiger partial charge in [0.1, 0.15) is 5.52 Å². The van der Waals surface area contributed by atoms with Gasteiger partial charge in [-0.2, -0.15) is 0 Å². The van der Waals surface area contributed by atoms with E-state index in [0.717, 1.165) is 5.52 Å². The first-order valence-electron chi connectivity index (χ1n) is 5.23. The molecule has 2 rings (SSSR count). The highest BCUT2D eigenvalue weighted by Crippen LogP contribution is 2.25.